The van der Waals surface area contributed by atoms with E-state index in [2.05, 4.69) is 13.8 Å². The molecule has 0 aliphatic carbocycles. The SMILES string of the molecule is CC1(C)CN(C(=O)CN2CSCC2=O)CCC1N.Cl. The van der Waals surface area contributed by atoms with Gasteiger partial charge in [0.1, 0.15) is 6.54 Å². The Labute approximate surface area is 124 Å². The minimum atomic E-state index is -0.0440. The van der Waals surface area contributed by atoms with E-state index in [0.717, 1.165) is 6.42 Å². The van der Waals surface area contributed by atoms with Gasteiger partial charge in [0, 0.05) is 19.1 Å². The lowest BCUT2D eigenvalue weighted by atomic mass is 9.79. The first kappa shape index (κ1) is 16.6. The molecule has 0 bridgehead atoms. The van der Waals surface area contributed by atoms with Gasteiger partial charge in [-0.25, -0.2) is 0 Å². The van der Waals surface area contributed by atoms with Gasteiger partial charge >= 0.3 is 0 Å². The second-order valence-corrected chi connectivity index (χ2v) is 6.72. The van der Waals surface area contributed by atoms with Gasteiger partial charge in [-0.1, -0.05) is 13.8 Å². The van der Waals surface area contributed by atoms with Crippen molar-refractivity contribution in [2.24, 2.45) is 11.1 Å². The summed E-state index contributed by atoms with van der Waals surface area (Å²) in [6.45, 7) is 5.79. The normalized spacial score (nSPS) is 26.3. The predicted octanol–water partition coefficient (Wildman–Crippen LogP) is 0.527. The van der Waals surface area contributed by atoms with Crippen LogP contribution in [0.2, 0.25) is 0 Å². The quantitative estimate of drug-likeness (QED) is 0.808. The van der Waals surface area contributed by atoms with E-state index in [1.54, 1.807) is 16.7 Å². The van der Waals surface area contributed by atoms with Gasteiger partial charge in [0.15, 0.2) is 0 Å². The number of carbonyl (C=O) groups excluding carboxylic acids is 2. The highest BCUT2D eigenvalue weighted by Gasteiger charge is 2.36. The molecule has 2 amide bonds. The van der Waals surface area contributed by atoms with E-state index < -0.39 is 0 Å². The van der Waals surface area contributed by atoms with Gasteiger partial charge in [0.2, 0.25) is 11.8 Å². The van der Waals surface area contributed by atoms with E-state index >= 15 is 0 Å². The van der Waals surface area contributed by atoms with Gasteiger partial charge in [0.05, 0.1) is 11.6 Å². The second-order valence-electron chi connectivity index (χ2n) is 5.77. The number of carbonyl (C=O) groups is 2. The number of nitrogens with two attached hydrogens (primary N) is 1. The van der Waals surface area contributed by atoms with Crippen LogP contribution >= 0.6 is 24.2 Å². The Kier molecular flexibility index (Phi) is 5.53. The van der Waals surface area contributed by atoms with Crippen LogP contribution in [-0.2, 0) is 9.59 Å². The van der Waals surface area contributed by atoms with Crippen LogP contribution in [0, 0.1) is 5.41 Å². The van der Waals surface area contributed by atoms with Crippen molar-refractivity contribution in [3.8, 4) is 0 Å². The van der Waals surface area contributed by atoms with E-state index in [4.69, 9.17) is 5.73 Å². The van der Waals surface area contributed by atoms with Crippen molar-refractivity contribution in [2.45, 2.75) is 26.3 Å². The zero-order chi connectivity index (χ0) is 13.3. The summed E-state index contributed by atoms with van der Waals surface area (Å²) in [4.78, 5) is 27.1. The number of hydrogen-bond acceptors (Lipinski definition) is 4. The third-order valence-electron chi connectivity index (χ3n) is 3.82. The largest absolute Gasteiger partial charge is 0.341 e. The van der Waals surface area contributed by atoms with Crippen LogP contribution in [0.1, 0.15) is 20.3 Å². The Morgan fingerprint density at radius 2 is 2.21 bits per heavy atom. The van der Waals surface area contributed by atoms with E-state index in [9.17, 15) is 9.59 Å². The molecule has 2 rings (SSSR count). The standard InChI is InChI=1S/C12H21N3O2S.ClH/c1-12(2)7-14(4-3-9(12)13)10(16)5-15-8-18-6-11(15)17;/h9H,3-8,13H2,1-2H3;1H. The molecule has 2 saturated heterocycles. The summed E-state index contributed by atoms with van der Waals surface area (Å²) in [6, 6.07) is 0.144. The lowest BCUT2D eigenvalue weighted by Gasteiger charge is -2.42. The highest BCUT2D eigenvalue weighted by Crippen LogP contribution is 2.28. The maximum Gasteiger partial charge on any atom is 0.242 e. The molecule has 0 spiro atoms. The molecule has 1 unspecified atom stereocenters. The summed E-state index contributed by atoms with van der Waals surface area (Å²) in [5.41, 5.74) is 6.01. The molecule has 0 aromatic heterocycles. The summed E-state index contributed by atoms with van der Waals surface area (Å²) >= 11 is 1.56. The summed E-state index contributed by atoms with van der Waals surface area (Å²) < 4.78 is 0. The van der Waals surface area contributed by atoms with Crippen molar-refractivity contribution >= 4 is 36.0 Å². The Balaban J connectivity index is 0.00000180. The fraction of sp³-hybridized carbons (Fsp3) is 0.833. The first-order chi connectivity index (χ1) is 8.40. The summed E-state index contributed by atoms with van der Waals surface area (Å²) in [5.74, 6) is 1.26. The van der Waals surface area contributed by atoms with Crippen molar-refractivity contribution in [2.75, 3.05) is 31.3 Å². The molecule has 1 atom stereocenters. The minimum absolute atomic E-state index is 0. The van der Waals surface area contributed by atoms with Crippen LogP contribution in [-0.4, -0.2) is 58.9 Å². The predicted molar refractivity (Wildman–Crippen MR) is 79.2 cm³/mol. The molecule has 2 aliphatic heterocycles. The van der Waals surface area contributed by atoms with Gasteiger partial charge in [-0.2, -0.15) is 0 Å². The van der Waals surface area contributed by atoms with E-state index in [1.807, 2.05) is 4.90 Å². The Bertz CT molecular complexity index is 365. The number of rotatable bonds is 2. The van der Waals surface area contributed by atoms with Crippen LogP contribution in [0.15, 0.2) is 0 Å². The third-order valence-corrected chi connectivity index (χ3v) is 4.76. The Hall–Kier alpha value is -0.460. The van der Waals surface area contributed by atoms with E-state index in [0.29, 0.717) is 24.7 Å². The average Bonchev–Trinajstić information content (AvgIpc) is 2.68. The van der Waals surface area contributed by atoms with Crippen LogP contribution in [0.3, 0.4) is 0 Å². The molecule has 7 heteroatoms. The molecule has 110 valence electrons. The molecule has 0 aromatic rings. The fourth-order valence-electron chi connectivity index (χ4n) is 2.39. The van der Waals surface area contributed by atoms with Crippen LogP contribution in [0.25, 0.3) is 0 Å². The van der Waals surface area contributed by atoms with Crippen molar-refractivity contribution in [3.05, 3.63) is 0 Å². The van der Waals surface area contributed by atoms with Crippen molar-refractivity contribution in [3.63, 3.8) is 0 Å². The number of piperidine rings is 1. The molecule has 0 radical (unpaired) electrons. The van der Waals surface area contributed by atoms with Crippen LogP contribution in [0.5, 0.6) is 0 Å². The van der Waals surface area contributed by atoms with Gasteiger partial charge in [-0.05, 0) is 11.8 Å². The molecule has 0 saturated carbocycles. The molecule has 19 heavy (non-hydrogen) atoms. The topological polar surface area (TPSA) is 66.6 Å². The number of likely N-dealkylation sites (tertiary alicyclic amines) is 1. The first-order valence-corrected chi connectivity index (χ1v) is 7.44. The fourth-order valence-corrected chi connectivity index (χ4v) is 3.29. The van der Waals surface area contributed by atoms with E-state index in [1.165, 1.54) is 0 Å². The third kappa shape index (κ3) is 3.77. The number of nitrogens with zero attached hydrogens (tertiary/aromatic N) is 2. The van der Waals surface area contributed by atoms with Gasteiger partial charge in [-0.3, -0.25) is 9.59 Å². The number of thioether (sulfide) groups is 1. The highest BCUT2D eigenvalue weighted by atomic mass is 35.5. The number of amides is 2. The summed E-state index contributed by atoms with van der Waals surface area (Å²) in [7, 11) is 0. The summed E-state index contributed by atoms with van der Waals surface area (Å²) in [6.07, 6.45) is 0.835. The second kappa shape index (κ2) is 6.33. The maximum atomic E-state index is 12.2. The molecule has 2 aliphatic rings. The summed E-state index contributed by atoms with van der Waals surface area (Å²) in [5, 5.41) is 0. The van der Waals surface area contributed by atoms with Crippen LogP contribution < -0.4 is 5.73 Å². The smallest absolute Gasteiger partial charge is 0.242 e. The molecular weight excluding hydrogens is 286 g/mol. The monoisotopic (exact) mass is 307 g/mol. The molecule has 2 fully saturated rings. The zero-order valence-electron chi connectivity index (χ0n) is 11.4. The maximum absolute atomic E-state index is 12.2. The minimum Gasteiger partial charge on any atom is -0.341 e. The number of hydrogen-bond donors (Lipinski definition) is 1. The Morgan fingerprint density at radius 1 is 1.53 bits per heavy atom. The van der Waals surface area contributed by atoms with E-state index in [-0.39, 0.29) is 42.2 Å². The van der Waals surface area contributed by atoms with Gasteiger partial charge in [0.25, 0.3) is 0 Å². The average molecular weight is 308 g/mol. The van der Waals surface area contributed by atoms with Gasteiger partial charge < -0.3 is 15.5 Å². The molecule has 2 N–H and O–H groups in total. The molecule has 0 aromatic carbocycles. The number of halogens is 1. The van der Waals surface area contributed by atoms with Crippen molar-refractivity contribution < 1.29 is 9.59 Å². The molecular formula is C12H22ClN3O2S. The first-order valence-electron chi connectivity index (χ1n) is 6.29. The highest BCUT2D eigenvalue weighted by molar-refractivity contribution is 8.00. The van der Waals surface area contributed by atoms with Crippen molar-refractivity contribution in [1.82, 2.24) is 9.80 Å². The zero-order valence-corrected chi connectivity index (χ0v) is 13.1. The lowest BCUT2D eigenvalue weighted by Crippen LogP contribution is -2.55. The van der Waals surface area contributed by atoms with Crippen molar-refractivity contribution in [1.29, 1.82) is 0 Å². The van der Waals surface area contributed by atoms with Crippen LogP contribution in [0.4, 0.5) is 0 Å². The molecule has 5 nitrogen and oxygen atoms in total. The van der Waals surface area contributed by atoms with Gasteiger partial charge in [-0.15, -0.1) is 24.2 Å². The molecule has 2 heterocycles. The lowest BCUT2D eigenvalue weighted by molar-refractivity contribution is -0.140. The Morgan fingerprint density at radius 3 is 2.74 bits per heavy atom.